The number of benzene rings is 2. The van der Waals surface area contributed by atoms with Crippen molar-refractivity contribution in [3.8, 4) is 5.75 Å². The van der Waals surface area contributed by atoms with Gasteiger partial charge in [-0.2, -0.15) is 0 Å². The van der Waals surface area contributed by atoms with Gasteiger partial charge in [0.05, 0.1) is 20.1 Å². The first kappa shape index (κ1) is 18.9. The summed E-state index contributed by atoms with van der Waals surface area (Å²) in [5.74, 6) is -0.125. The van der Waals surface area contributed by atoms with Crippen LogP contribution < -0.4 is 10.1 Å². The van der Waals surface area contributed by atoms with Crippen molar-refractivity contribution in [1.82, 2.24) is 4.98 Å². The number of amides is 1. The van der Waals surface area contributed by atoms with Gasteiger partial charge in [0.15, 0.2) is 21.6 Å². The Morgan fingerprint density at radius 3 is 2.73 bits per heavy atom. The number of thiazole rings is 1. The lowest BCUT2D eigenvalue weighted by Crippen LogP contribution is -2.20. The van der Waals surface area contributed by atoms with Gasteiger partial charge in [-0.15, -0.1) is 0 Å². The topological polar surface area (TPSA) is 85.4 Å². The number of rotatable bonds is 5. The summed E-state index contributed by atoms with van der Waals surface area (Å²) in [4.78, 5) is 16.5. The number of halogens is 2. The van der Waals surface area contributed by atoms with E-state index in [1.54, 1.807) is 18.2 Å². The summed E-state index contributed by atoms with van der Waals surface area (Å²) < 4.78 is 29.2. The van der Waals surface area contributed by atoms with E-state index >= 15 is 0 Å². The van der Waals surface area contributed by atoms with Crippen molar-refractivity contribution < 1.29 is 17.9 Å². The van der Waals surface area contributed by atoms with Gasteiger partial charge in [0.25, 0.3) is 5.91 Å². The van der Waals surface area contributed by atoms with Crippen molar-refractivity contribution in [1.29, 1.82) is 0 Å². The van der Waals surface area contributed by atoms with Crippen LogP contribution >= 0.6 is 34.5 Å². The van der Waals surface area contributed by atoms with Crippen molar-refractivity contribution in [2.45, 2.75) is 4.90 Å². The highest BCUT2D eigenvalue weighted by atomic mass is 35.5. The summed E-state index contributed by atoms with van der Waals surface area (Å²) in [6.45, 7) is -0.273. The first-order chi connectivity index (χ1) is 12.2. The highest BCUT2D eigenvalue weighted by Gasteiger charge is 2.13. The third-order valence-corrected chi connectivity index (χ3v) is 5.88. The zero-order valence-corrected chi connectivity index (χ0v) is 16.5. The summed E-state index contributed by atoms with van der Waals surface area (Å²) in [7, 11) is -3.31. The Balaban J connectivity index is 1.70. The molecule has 0 bridgehead atoms. The number of fused-ring (bicyclic) bond motifs is 1. The minimum atomic E-state index is -3.31. The average molecular weight is 431 g/mol. The van der Waals surface area contributed by atoms with Crippen LogP contribution in [-0.4, -0.2) is 32.2 Å². The summed E-state index contributed by atoms with van der Waals surface area (Å²) >= 11 is 13.0. The molecule has 0 radical (unpaired) electrons. The fourth-order valence-electron chi connectivity index (χ4n) is 2.08. The lowest BCUT2D eigenvalue weighted by molar-refractivity contribution is -0.118. The zero-order valence-electron chi connectivity index (χ0n) is 13.3. The number of anilines is 1. The van der Waals surface area contributed by atoms with Gasteiger partial charge in [0, 0.05) is 17.3 Å². The van der Waals surface area contributed by atoms with Crippen LogP contribution in [0.15, 0.2) is 41.3 Å². The van der Waals surface area contributed by atoms with E-state index in [0.717, 1.165) is 6.26 Å². The summed E-state index contributed by atoms with van der Waals surface area (Å²) in [6, 6.07) is 9.31. The Kier molecular flexibility index (Phi) is 5.38. The third-order valence-electron chi connectivity index (χ3n) is 3.29. The second kappa shape index (κ2) is 7.40. The maximum Gasteiger partial charge on any atom is 0.264 e. The number of nitrogens with one attached hydrogen (secondary N) is 1. The van der Waals surface area contributed by atoms with Crippen LogP contribution in [0.25, 0.3) is 10.2 Å². The Morgan fingerprint density at radius 1 is 1.23 bits per heavy atom. The minimum absolute atomic E-state index is 0.199. The van der Waals surface area contributed by atoms with Crippen LogP contribution in [0.1, 0.15) is 0 Å². The van der Waals surface area contributed by atoms with E-state index in [0.29, 0.717) is 31.1 Å². The second-order valence-electron chi connectivity index (χ2n) is 5.33. The van der Waals surface area contributed by atoms with Crippen LogP contribution in [0, 0.1) is 0 Å². The van der Waals surface area contributed by atoms with E-state index in [1.165, 1.54) is 29.5 Å². The minimum Gasteiger partial charge on any atom is -0.482 e. The zero-order chi connectivity index (χ0) is 18.9. The quantitative estimate of drug-likeness (QED) is 0.660. The van der Waals surface area contributed by atoms with Gasteiger partial charge >= 0.3 is 0 Å². The van der Waals surface area contributed by atoms with Crippen molar-refractivity contribution in [3.05, 3.63) is 46.4 Å². The van der Waals surface area contributed by atoms with Crippen molar-refractivity contribution in [2.24, 2.45) is 0 Å². The van der Waals surface area contributed by atoms with Crippen molar-refractivity contribution in [3.63, 3.8) is 0 Å². The van der Waals surface area contributed by atoms with E-state index in [9.17, 15) is 13.2 Å². The number of ether oxygens (including phenoxy) is 1. The largest absolute Gasteiger partial charge is 0.482 e. The van der Waals surface area contributed by atoms with Crippen LogP contribution in [0.4, 0.5) is 5.13 Å². The average Bonchev–Trinajstić information content (AvgIpc) is 2.96. The standard InChI is InChI=1S/C16H12Cl2N2O4S2/c1-26(22,23)10-3-5-12-14(7-10)25-16(19-12)20-15(21)8-24-13-6-9(17)2-4-11(13)18/h2-7H,8H2,1H3,(H,19,20,21). The predicted octanol–water partition coefficient (Wildman–Crippen LogP) is 4.02. The molecule has 10 heteroatoms. The molecule has 1 aromatic heterocycles. The van der Waals surface area contributed by atoms with Gasteiger partial charge in [0.2, 0.25) is 0 Å². The smallest absolute Gasteiger partial charge is 0.264 e. The SMILES string of the molecule is CS(=O)(=O)c1ccc2nc(NC(=O)COc3cc(Cl)ccc3Cl)sc2c1. The molecule has 3 rings (SSSR count). The molecule has 0 unspecified atom stereocenters. The maximum atomic E-state index is 12.0. The number of sulfone groups is 1. The molecular weight excluding hydrogens is 419 g/mol. The normalized spacial score (nSPS) is 11.5. The maximum absolute atomic E-state index is 12.0. The van der Waals surface area contributed by atoms with E-state index in [-0.39, 0.29) is 11.5 Å². The summed E-state index contributed by atoms with van der Waals surface area (Å²) in [5.41, 5.74) is 0.594. The molecule has 136 valence electrons. The lowest BCUT2D eigenvalue weighted by atomic mass is 10.3. The summed E-state index contributed by atoms with van der Waals surface area (Å²) in [6.07, 6.45) is 1.14. The molecule has 1 heterocycles. The monoisotopic (exact) mass is 430 g/mol. The van der Waals surface area contributed by atoms with Gasteiger partial charge in [-0.25, -0.2) is 13.4 Å². The highest BCUT2D eigenvalue weighted by molar-refractivity contribution is 7.90. The van der Waals surface area contributed by atoms with Crippen LogP contribution in [0.2, 0.25) is 10.0 Å². The Bertz CT molecular complexity index is 1100. The van der Waals surface area contributed by atoms with Gasteiger partial charge in [-0.1, -0.05) is 34.5 Å². The van der Waals surface area contributed by atoms with Gasteiger partial charge in [-0.3, -0.25) is 10.1 Å². The Labute approximate surface area is 163 Å². The molecule has 2 aromatic carbocycles. The number of hydrogen-bond acceptors (Lipinski definition) is 6. The Hall–Kier alpha value is -1.87. The van der Waals surface area contributed by atoms with E-state index in [1.807, 2.05) is 0 Å². The van der Waals surface area contributed by atoms with E-state index < -0.39 is 15.7 Å². The molecule has 3 aromatic rings. The van der Waals surface area contributed by atoms with E-state index in [4.69, 9.17) is 27.9 Å². The molecule has 0 fully saturated rings. The van der Waals surface area contributed by atoms with Crippen LogP contribution in [0.3, 0.4) is 0 Å². The van der Waals surface area contributed by atoms with Gasteiger partial charge in [-0.05, 0) is 30.3 Å². The molecule has 1 amide bonds. The molecule has 0 aliphatic rings. The first-order valence-electron chi connectivity index (χ1n) is 7.21. The first-order valence-corrected chi connectivity index (χ1v) is 10.7. The molecule has 26 heavy (non-hydrogen) atoms. The molecule has 6 nitrogen and oxygen atoms in total. The molecule has 0 atom stereocenters. The van der Waals surface area contributed by atoms with Crippen molar-refractivity contribution in [2.75, 3.05) is 18.2 Å². The van der Waals surface area contributed by atoms with Gasteiger partial charge < -0.3 is 4.74 Å². The Morgan fingerprint density at radius 2 is 2.00 bits per heavy atom. The summed E-state index contributed by atoms with van der Waals surface area (Å²) in [5, 5.41) is 3.74. The predicted molar refractivity (Wildman–Crippen MR) is 103 cm³/mol. The lowest BCUT2D eigenvalue weighted by Gasteiger charge is -2.07. The molecule has 0 spiro atoms. The molecule has 0 aliphatic heterocycles. The van der Waals surface area contributed by atoms with Crippen LogP contribution in [0.5, 0.6) is 5.75 Å². The fraction of sp³-hybridized carbons (Fsp3) is 0.125. The number of nitrogens with zero attached hydrogens (tertiary/aromatic N) is 1. The number of carbonyl (C=O) groups is 1. The highest BCUT2D eigenvalue weighted by Crippen LogP contribution is 2.29. The van der Waals surface area contributed by atoms with Gasteiger partial charge in [0.1, 0.15) is 5.75 Å². The number of carbonyl (C=O) groups excluding carboxylic acids is 1. The molecule has 0 saturated heterocycles. The fourth-order valence-corrected chi connectivity index (χ4v) is 4.05. The van der Waals surface area contributed by atoms with Crippen molar-refractivity contribution >= 4 is 65.6 Å². The molecule has 1 N–H and O–H groups in total. The third kappa shape index (κ3) is 4.45. The van der Waals surface area contributed by atoms with E-state index in [2.05, 4.69) is 10.3 Å². The molecule has 0 saturated carbocycles. The number of aromatic nitrogens is 1. The number of hydrogen-bond donors (Lipinski definition) is 1. The second-order valence-corrected chi connectivity index (χ2v) is 9.22. The molecular formula is C16H12Cl2N2O4S2. The van der Waals surface area contributed by atoms with Crippen LogP contribution in [-0.2, 0) is 14.6 Å². The molecule has 0 aliphatic carbocycles.